The molecule has 0 aromatic carbocycles. The molecule has 7 nitrogen and oxygen atoms in total. The standard InChI is InChI=1S/C20H36O7/c1-7-14-11(4)17(23)12(5)15(21)9(2)8-10(3)16(22)13(6)18(24)19(25)20(26)27-14/h9-14,16-19,22-25H,7-8H2,1-6H3/t9-,10?,11+,12+,13-,14?,16+,17+,18+,19-/m1/s1. The van der Waals surface area contributed by atoms with E-state index >= 15 is 0 Å². The van der Waals surface area contributed by atoms with Gasteiger partial charge >= 0.3 is 5.97 Å². The number of carbonyl (C=O) groups is 2. The van der Waals surface area contributed by atoms with Crippen molar-refractivity contribution in [3.63, 3.8) is 0 Å². The molecule has 0 aromatic rings. The van der Waals surface area contributed by atoms with Gasteiger partial charge in [0.2, 0.25) is 0 Å². The van der Waals surface area contributed by atoms with Crippen molar-refractivity contribution in [3.05, 3.63) is 0 Å². The Kier molecular flexibility index (Phi) is 8.86. The van der Waals surface area contributed by atoms with Gasteiger partial charge in [0.1, 0.15) is 11.9 Å². The van der Waals surface area contributed by atoms with Gasteiger partial charge in [0.15, 0.2) is 6.10 Å². The number of ether oxygens (including phenoxy) is 1. The molecular weight excluding hydrogens is 352 g/mol. The number of rotatable bonds is 1. The Bertz CT molecular complexity index is 509. The number of ketones is 1. The van der Waals surface area contributed by atoms with E-state index in [9.17, 15) is 30.0 Å². The molecule has 1 heterocycles. The molecule has 1 aliphatic heterocycles. The number of Topliss-reactive ketones (excluding diaryl/α,β-unsaturated/α-hetero) is 1. The fourth-order valence-corrected chi connectivity index (χ4v) is 4.03. The molecule has 2 unspecified atom stereocenters. The summed E-state index contributed by atoms with van der Waals surface area (Å²) in [6.07, 6.45) is -5.26. The molecule has 1 rings (SSSR count). The van der Waals surface area contributed by atoms with Gasteiger partial charge in [-0.05, 0) is 18.8 Å². The maximum Gasteiger partial charge on any atom is 0.337 e. The third-order valence-electron chi connectivity index (χ3n) is 6.19. The lowest BCUT2D eigenvalue weighted by Gasteiger charge is -2.35. The molecule has 1 saturated heterocycles. The maximum atomic E-state index is 12.7. The van der Waals surface area contributed by atoms with E-state index in [4.69, 9.17) is 4.74 Å². The van der Waals surface area contributed by atoms with Crippen molar-refractivity contribution < 1.29 is 34.8 Å². The Morgan fingerprint density at radius 1 is 0.889 bits per heavy atom. The molecule has 1 fully saturated rings. The molecule has 4 N–H and O–H groups in total. The minimum Gasteiger partial charge on any atom is -0.460 e. The van der Waals surface area contributed by atoms with Gasteiger partial charge in [0.25, 0.3) is 0 Å². The Hall–Kier alpha value is -1.02. The number of hydrogen-bond acceptors (Lipinski definition) is 7. The molecular formula is C20H36O7. The van der Waals surface area contributed by atoms with Crippen molar-refractivity contribution in [2.45, 2.75) is 84.9 Å². The van der Waals surface area contributed by atoms with Crippen LogP contribution in [0.3, 0.4) is 0 Å². The maximum absolute atomic E-state index is 12.7. The first-order valence-electron chi connectivity index (χ1n) is 9.90. The minimum atomic E-state index is -1.79. The predicted molar refractivity (Wildman–Crippen MR) is 99.6 cm³/mol. The van der Waals surface area contributed by atoms with Crippen molar-refractivity contribution in [1.29, 1.82) is 0 Å². The van der Waals surface area contributed by atoms with Crippen LogP contribution in [0.1, 0.15) is 54.4 Å². The fraction of sp³-hybridized carbons (Fsp3) is 0.900. The van der Waals surface area contributed by atoms with Gasteiger partial charge in [-0.2, -0.15) is 0 Å². The SMILES string of the molecule is CCC1OC(=O)[C@H](O)[C@@H](O)[C@H](C)[C@@H](O)C(C)C[C@@H](C)C(=O)[C@H](C)[C@@H](O)[C@H]1C. The van der Waals surface area contributed by atoms with Crippen LogP contribution < -0.4 is 0 Å². The third-order valence-corrected chi connectivity index (χ3v) is 6.19. The second-order valence-electron chi connectivity index (χ2n) is 8.32. The van der Waals surface area contributed by atoms with Crippen LogP contribution in [0.25, 0.3) is 0 Å². The summed E-state index contributed by atoms with van der Waals surface area (Å²) < 4.78 is 5.33. The smallest absolute Gasteiger partial charge is 0.337 e. The van der Waals surface area contributed by atoms with Crippen LogP contribution in [0.15, 0.2) is 0 Å². The van der Waals surface area contributed by atoms with E-state index in [1.807, 2.05) is 0 Å². The number of aliphatic hydroxyl groups excluding tert-OH is 4. The highest BCUT2D eigenvalue weighted by molar-refractivity contribution is 5.83. The topological polar surface area (TPSA) is 124 Å². The molecule has 1 aliphatic rings. The summed E-state index contributed by atoms with van der Waals surface area (Å²) in [5, 5.41) is 41.7. The molecule has 0 bridgehead atoms. The largest absolute Gasteiger partial charge is 0.460 e. The van der Waals surface area contributed by atoms with Gasteiger partial charge < -0.3 is 25.2 Å². The lowest BCUT2D eigenvalue weighted by molar-refractivity contribution is -0.175. The first kappa shape index (κ1) is 24.0. The molecule has 0 amide bonds. The van der Waals surface area contributed by atoms with Crippen LogP contribution >= 0.6 is 0 Å². The van der Waals surface area contributed by atoms with Gasteiger partial charge in [0.05, 0.1) is 18.3 Å². The van der Waals surface area contributed by atoms with E-state index in [1.165, 1.54) is 0 Å². The summed E-state index contributed by atoms with van der Waals surface area (Å²) in [5.74, 6) is -3.78. The zero-order chi connectivity index (χ0) is 21.0. The van der Waals surface area contributed by atoms with Gasteiger partial charge in [-0.1, -0.05) is 41.5 Å². The lowest BCUT2D eigenvalue weighted by atomic mass is 9.77. The first-order chi connectivity index (χ1) is 12.4. The molecule has 0 saturated carbocycles. The van der Waals surface area contributed by atoms with Gasteiger partial charge in [0, 0.05) is 23.7 Å². The number of esters is 1. The summed E-state index contributed by atoms with van der Waals surface area (Å²) in [7, 11) is 0. The zero-order valence-electron chi connectivity index (χ0n) is 17.2. The molecule has 0 aromatic heterocycles. The molecule has 0 aliphatic carbocycles. The van der Waals surface area contributed by atoms with E-state index in [-0.39, 0.29) is 17.6 Å². The van der Waals surface area contributed by atoms with Crippen LogP contribution in [0.2, 0.25) is 0 Å². The van der Waals surface area contributed by atoms with E-state index in [2.05, 4.69) is 0 Å². The van der Waals surface area contributed by atoms with Crippen molar-refractivity contribution >= 4 is 11.8 Å². The molecule has 0 spiro atoms. The summed E-state index contributed by atoms with van der Waals surface area (Å²) in [5.41, 5.74) is 0. The normalized spacial score (nSPS) is 45.9. The van der Waals surface area contributed by atoms with Crippen LogP contribution in [0.5, 0.6) is 0 Å². The van der Waals surface area contributed by atoms with E-state index in [0.717, 1.165) is 0 Å². The van der Waals surface area contributed by atoms with Crippen molar-refractivity contribution in [3.8, 4) is 0 Å². The molecule has 7 heteroatoms. The van der Waals surface area contributed by atoms with Gasteiger partial charge in [-0.25, -0.2) is 4.79 Å². The minimum absolute atomic E-state index is 0.111. The molecule has 0 radical (unpaired) electrons. The number of cyclic esters (lactones) is 1. The fourth-order valence-electron chi connectivity index (χ4n) is 4.03. The quantitative estimate of drug-likeness (QED) is 0.492. The highest BCUT2D eigenvalue weighted by Gasteiger charge is 2.40. The van der Waals surface area contributed by atoms with Crippen molar-refractivity contribution in [2.24, 2.45) is 29.6 Å². The Labute approximate surface area is 161 Å². The number of carbonyl (C=O) groups excluding carboxylic acids is 2. The van der Waals surface area contributed by atoms with Crippen LogP contribution in [-0.4, -0.2) is 62.7 Å². The van der Waals surface area contributed by atoms with E-state index in [0.29, 0.717) is 12.8 Å². The van der Waals surface area contributed by atoms with Crippen LogP contribution in [0, 0.1) is 29.6 Å². The summed E-state index contributed by atoms with van der Waals surface area (Å²) in [6.45, 7) is 10.2. The van der Waals surface area contributed by atoms with E-state index < -0.39 is 54.2 Å². The third kappa shape index (κ3) is 5.50. The predicted octanol–water partition coefficient (Wildman–Crippen LogP) is 0.905. The van der Waals surface area contributed by atoms with Crippen molar-refractivity contribution in [1.82, 2.24) is 0 Å². The summed E-state index contributed by atoms with van der Waals surface area (Å²) in [4.78, 5) is 25.0. The monoisotopic (exact) mass is 388 g/mol. The van der Waals surface area contributed by atoms with Crippen LogP contribution in [0.4, 0.5) is 0 Å². The highest BCUT2D eigenvalue weighted by atomic mass is 16.6. The molecule has 10 atom stereocenters. The Balaban J connectivity index is 3.23. The second-order valence-corrected chi connectivity index (χ2v) is 8.32. The summed E-state index contributed by atoms with van der Waals surface area (Å²) >= 11 is 0. The summed E-state index contributed by atoms with van der Waals surface area (Å²) in [6, 6.07) is 0. The average molecular weight is 389 g/mol. The first-order valence-corrected chi connectivity index (χ1v) is 9.90. The zero-order valence-corrected chi connectivity index (χ0v) is 17.2. The Morgan fingerprint density at radius 2 is 1.44 bits per heavy atom. The van der Waals surface area contributed by atoms with Crippen molar-refractivity contribution in [2.75, 3.05) is 0 Å². The molecule has 27 heavy (non-hydrogen) atoms. The number of aliphatic hydroxyl groups is 4. The Morgan fingerprint density at radius 3 is 1.96 bits per heavy atom. The lowest BCUT2D eigenvalue weighted by Crippen LogP contribution is -2.48. The second kappa shape index (κ2) is 9.96. The van der Waals surface area contributed by atoms with Gasteiger partial charge in [-0.3, -0.25) is 4.79 Å². The van der Waals surface area contributed by atoms with Gasteiger partial charge in [-0.15, -0.1) is 0 Å². The van der Waals surface area contributed by atoms with E-state index in [1.54, 1.807) is 41.5 Å². The molecule has 158 valence electrons. The number of hydrogen-bond donors (Lipinski definition) is 4. The highest BCUT2D eigenvalue weighted by Crippen LogP contribution is 2.29. The average Bonchev–Trinajstić information content (AvgIpc) is 2.66. The van der Waals surface area contributed by atoms with Crippen LogP contribution in [-0.2, 0) is 14.3 Å².